The number of carbonyl (C=O) groups excluding carboxylic acids is 1. The van der Waals surface area contributed by atoms with Gasteiger partial charge < -0.3 is 15.4 Å². The number of halogens is 1. The van der Waals surface area contributed by atoms with E-state index in [1.807, 2.05) is 0 Å². The van der Waals surface area contributed by atoms with Gasteiger partial charge in [-0.3, -0.25) is 4.79 Å². The lowest BCUT2D eigenvalue weighted by Crippen LogP contribution is -2.08. The predicted octanol–water partition coefficient (Wildman–Crippen LogP) is 1.31. The molecule has 1 aromatic rings. The summed E-state index contributed by atoms with van der Waals surface area (Å²) < 4.78 is 0. The van der Waals surface area contributed by atoms with E-state index in [1.54, 1.807) is 0 Å². The molecule has 0 bridgehead atoms. The normalized spacial score (nSPS) is 11.4. The molecular weight excluding hydrogens is 210 g/mol. The number of phenolic OH excluding ortho intramolecular Hbond substituents is 2. The average Bonchev–Trinajstić information content (AvgIpc) is 2.19. The summed E-state index contributed by atoms with van der Waals surface area (Å²) in [5, 5.41) is 28.3. The van der Waals surface area contributed by atoms with Gasteiger partial charge in [0.15, 0.2) is 0 Å². The molecule has 14 heavy (non-hydrogen) atoms. The van der Waals surface area contributed by atoms with Crippen LogP contribution in [0.3, 0.4) is 0 Å². The number of ketones is 1. The van der Waals surface area contributed by atoms with E-state index in [9.17, 15) is 9.90 Å². The zero-order valence-electron chi connectivity index (χ0n) is 6.81. The minimum Gasteiger partial charge on any atom is -0.508 e. The number of hydrogen-bond acceptors (Lipinski definition) is 5. The second kappa shape index (κ2) is 3.97. The molecule has 0 amide bonds. The topological polar surface area (TPSA) is 90.1 Å². The standard InChI is InChI=1S/C8H6ClNO4/c9-8(10-14)7(13)5-3-4(11)1-2-6(5)12/h1-3,11-12,14H. The summed E-state index contributed by atoms with van der Waals surface area (Å²) in [5.74, 6) is -1.43. The minimum absolute atomic E-state index is 0.200. The first-order chi connectivity index (χ1) is 6.56. The van der Waals surface area contributed by atoms with Gasteiger partial charge in [-0.05, 0) is 18.2 Å². The lowest BCUT2D eigenvalue weighted by atomic mass is 10.1. The van der Waals surface area contributed by atoms with Crippen molar-refractivity contribution in [1.82, 2.24) is 0 Å². The second-order valence-electron chi connectivity index (χ2n) is 2.42. The minimum atomic E-state index is -0.873. The lowest BCUT2D eigenvalue weighted by molar-refractivity contribution is 0.106. The molecule has 0 aromatic heterocycles. The van der Waals surface area contributed by atoms with Gasteiger partial charge >= 0.3 is 0 Å². The zero-order valence-corrected chi connectivity index (χ0v) is 7.56. The monoisotopic (exact) mass is 215 g/mol. The summed E-state index contributed by atoms with van der Waals surface area (Å²) in [7, 11) is 0. The van der Waals surface area contributed by atoms with Crippen molar-refractivity contribution in [3.05, 3.63) is 23.8 Å². The van der Waals surface area contributed by atoms with Gasteiger partial charge in [0.05, 0.1) is 5.56 Å². The number of phenols is 2. The van der Waals surface area contributed by atoms with Gasteiger partial charge in [-0.1, -0.05) is 16.8 Å². The Labute approximate surface area is 83.9 Å². The van der Waals surface area contributed by atoms with Crippen LogP contribution >= 0.6 is 11.6 Å². The fraction of sp³-hybridized carbons (Fsp3) is 0. The van der Waals surface area contributed by atoms with Crippen LogP contribution in [-0.4, -0.2) is 26.4 Å². The highest BCUT2D eigenvalue weighted by Gasteiger charge is 2.16. The number of Topliss-reactive ketones (excluding diaryl/α,β-unsaturated/α-hetero) is 1. The van der Waals surface area contributed by atoms with E-state index in [2.05, 4.69) is 5.16 Å². The molecule has 0 atom stereocenters. The van der Waals surface area contributed by atoms with Crippen LogP contribution in [-0.2, 0) is 0 Å². The molecule has 5 nitrogen and oxygen atoms in total. The molecular formula is C8H6ClNO4. The van der Waals surface area contributed by atoms with E-state index < -0.39 is 11.0 Å². The van der Waals surface area contributed by atoms with Crippen molar-refractivity contribution < 1.29 is 20.2 Å². The van der Waals surface area contributed by atoms with Gasteiger partial charge in [0, 0.05) is 0 Å². The van der Waals surface area contributed by atoms with Crippen LogP contribution in [0.25, 0.3) is 0 Å². The van der Waals surface area contributed by atoms with Gasteiger partial charge in [0.2, 0.25) is 11.0 Å². The highest BCUT2D eigenvalue weighted by molar-refractivity contribution is 6.84. The van der Waals surface area contributed by atoms with E-state index in [-0.39, 0.29) is 17.1 Å². The quantitative estimate of drug-likeness (QED) is 0.228. The van der Waals surface area contributed by atoms with Gasteiger partial charge in [-0.15, -0.1) is 0 Å². The second-order valence-corrected chi connectivity index (χ2v) is 2.78. The molecule has 0 spiro atoms. The Hall–Kier alpha value is -1.75. The van der Waals surface area contributed by atoms with Crippen LogP contribution in [0.4, 0.5) is 0 Å². The lowest BCUT2D eigenvalue weighted by Gasteiger charge is -2.01. The third kappa shape index (κ3) is 1.94. The van der Waals surface area contributed by atoms with Gasteiger partial charge in [0.25, 0.3) is 0 Å². The SMILES string of the molecule is O=C(C(Cl)=NO)c1cc(O)ccc1O. The first-order valence-corrected chi connectivity index (χ1v) is 3.88. The third-order valence-electron chi connectivity index (χ3n) is 1.50. The predicted molar refractivity (Wildman–Crippen MR) is 49.2 cm³/mol. The van der Waals surface area contributed by atoms with Crippen molar-refractivity contribution in [1.29, 1.82) is 0 Å². The largest absolute Gasteiger partial charge is 0.508 e. The molecule has 6 heteroatoms. The molecule has 74 valence electrons. The van der Waals surface area contributed by atoms with E-state index in [0.717, 1.165) is 12.1 Å². The summed E-state index contributed by atoms with van der Waals surface area (Å²) in [5.41, 5.74) is -0.229. The highest BCUT2D eigenvalue weighted by Crippen LogP contribution is 2.23. The molecule has 0 unspecified atom stereocenters. The van der Waals surface area contributed by atoms with E-state index >= 15 is 0 Å². The molecule has 0 fully saturated rings. The number of hydrogen-bond donors (Lipinski definition) is 3. The molecule has 0 radical (unpaired) electrons. The maximum absolute atomic E-state index is 11.3. The summed E-state index contributed by atoms with van der Waals surface area (Å²) >= 11 is 5.23. The van der Waals surface area contributed by atoms with Crippen molar-refractivity contribution >= 4 is 22.6 Å². The molecule has 1 rings (SSSR count). The Morgan fingerprint density at radius 2 is 2.00 bits per heavy atom. The molecule has 0 aliphatic carbocycles. The van der Waals surface area contributed by atoms with E-state index in [1.165, 1.54) is 6.07 Å². The van der Waals surface area contributed by atoms with Crippen molar-refractivity contribution in [2.45, 2.75) is 0 Å². The van der Waals surface area contributed by atoms with Crippen LogP contribution in [0, 0.1) is 0 Å². The first kappa shape index (κ1) is 10.3. The zero-order chi connectivity index (χ0) is 10.7. The van der Waals surface area contributed by atoms with Gasteiger partial charge in [-0.25, -0.2) is 0 Å². The number of rotatable bonds is 2. The number of oxime groups is 1. The van der Waals surface area contributed by atoms with Crippen LogP contribution in [0.1, 0.15) is 10.4 Å². The fourth-order valence-corrected chi connectivity index (χ4v) is 0.964. The Morgan fingerprint density at radius 1 is 1.36 bits per heavy atom. The van der Waals surface area contributed by atoms with Crippen LogP contribution in [0.5, 0.6) is 11.5 Å². The number of nitrogens with zero attached hydrogens (tertiary/aromatic N) is 1. The summed E-state index contributed by atoms with van der Waals surface area (Å²) in [6, 6.07) is 3.35. The van der Waals surface area contributed by atoms with Crippen molar-refractivity contribution in [3.63, 3.8) is 0 Å². The number of carbonyl (C=O) groups is 1. The van der Waals surface area contributed by atoms with Crippen LogP contribution in [0.15, 0.2) is 23.4 Å². The Kier molecular flexibility index (Phi) is 2.93. The fourth-order valence-electron chi connectivity index (χ4n) is 0.862. The van der Waals surface area contributed by atoms with E-state index in [0.29, 0.717) is 0 Å². The average molecular weight is 216 g/mol. The number of benzene rings is 1. The Morgan fingerprint density at radius 3 is 2.57 bits per heavy atom. The van der Waals surface area contributed by atoms with Crippen molar-refractivity contribution in [2.75, 3.05) is 0 Å². The molecule has 3 N–H and O–H groups in total. The molecule has 0 aliphatic heterocycles. The molecule has 0 saturated carbocycles. The maximum atomic E-state index is 11.3. The smallest absolute Gasteiger partial charge is 0.230 e. The third-order valence-corrected chi connectivity index (χ3v) is 1.75. The number of aromatic hydroxyl groups is 2. The van der Waals surface area contributed by atoms with Crippen LogP contribution < -0.4 is 0 Å². The van der Waals surface area contributed by atoms with Crippen LogP contribution in [0.2, 0.25) is 0 Å². The molecule has 0 aliphatic rings. The summed E-state index contributed by atoms with van der Waals surface area (Å²) in [4.78, 5) is 11.3. The summed E-state index contributed by atoms with van der Waals surface area (Å²) in [6.07, 6.45) is 0. The first-order valence-electron chi connectivity index (χ1n) is 3.50. The maximum Gasteiger partial charge on any atom is 0.230 e. The van der Waals surface area contributed by atoms with E-state index in [4.69, 9.17) is 21.9 Å². The Balaban J connectivity index is 3.19. The summed E-state index contributed by atoms with van der Waals surface area (Å²) in [6.45, 7) is 0. The molecule has 1 aromatic carbocycles. The van der Waals surface area contributed by atoms with Crippen molar-refractivity contribution in [3.8, 4) is 11.5 Å². The van der Waals surface area contributed by atoms with Crippen molar-refractivity contribution in [2.24, 2.45) is 5.16 Å². The Bertz CT molecular complexity index is 402. The molecule has 0 saturated heterocycles. The van der Waals surface area contributed by atoms with Gasteiger partial charge in [0.1, 0.15) is 11.5 Å². The highest BCUT2D eigenvalue weighted by atomic mass is 35.5. The molecule has 0 heterocycles. The van der Waals surface area contributed by atoms with Gasteiger partial charge in [-0.2, -0.15) is 0 Å².